The number of alkyl halides is 3. The third-order valence-electron chi connectivity index (χ3n) is 5.08. The van der Waals surface area contributed by atoms with Crippen LogP contribution >= 0.6 is 0 Å². The number of piperidine rings is 1. The summed E-state index contributed by atoms with van der Waals surface area (Å²) in [7, 11) is 1.44. The molecule has 2 aliphatic rings. The first-order valence-electron chi connectivity index (χ1n) is 7.95. The van der Waals surface area contributed by atoms with Gasteiger partial charge in [-0.05, 0) is 32.7 Å². The minimum atomic E-state index is -4.24. The molecule has 0 bridgehead atoms. The van der Waals surface area contributed by atoms with Gasteiger partial charge >= 0.3 is 12.1 Å². The first kappa shape index (κ1) is 18.0. The molecule has 1 amide bonds. The van der Waals surface area contributed by atoms with Crippen LogP contribution in [0.5, 0.6) is 0 Å². The summed E-state index contributed by atoms with van der Waals surface area (Å²) in [5.41, 5.74) is -1.31. The zero-order valence-electron chi connectivity index (χ0n) is 13.2. The minimum absolute atomic E-state index is 0.231. The van der Waals surface area contributed by atoms with Crippen molar-refractivity contribution in [3.8, 4) is 0 Å². The van der Waals surface area contributed by atoms with Crippen molar-refractivity contribution in [1.82, 2.24) is 9.80 Å². The van der Waals surface area contributed by atoms with Crippen LogP contribution in [-0.2, 0) is 9.59 Å². The second-order valence-corrected chi connectivity index (χ2v) is 6.65. The Morgan fingerprint density at radius 2 is 1.74 bits per heavy atom. The number of amides is 1. The molecule has 0 radical (unpaired) electrons. The van der Waals surface area contributed by atoms with Crippen LogP contribution in [-0.4, -0.2) is 65.7 Å². The Hall–Kier alpha value is -1.31. The number of hydrogen-bond donors (Lipinski definition) is 1. The fraction of sp³-hybridized carbons (Fsp3) is 0.867. The molecule has 0 unspecified atom stereocenters. The lowest BCUT2D eigenvalue weighted by Crippen LogP contribution is -2.53. The van der Waals surface area contributed by atoms with Gasteiger partial charge in [0.25, 0.3) is 0 Å². The van der Waals surface area contributed by atoms with E-state index in [0.29, 0.717) is 38.8 Å². The average molecular weight is 336 g/mol. The van der Waals surface area contributed by atoms with Gasteiger partial charge in [0.1, 0.15) is 5.41 Å². The van der Waals surface area contributed by atoms with Crippen LogP contribution in [0.25, 0.3) is 0 Å². The number of carboxylic acids is 1. The van der Waals surface area contributed by atoms with E-state index in [1.54, 1.807) is 0 Å². The highest BCUT2D eigenvalue weighted by atomic mass is 19.4. The van der Waals surface area contributed by atoms with Crippen molar-refractivity contribution < 1.29 is 27.9 Å². The Labute approximate surface area is 133 Å². The predicted molar refractivity (Wildman–Crippen MR) is 76.8 cm³/mol. The van der Waals surface area contributed by atoms with Gasteiger partial charge in [-0.25, -0.2) is 0 Å². The Kier molecular flexibility index (Phi) is 5.23. The van der Waals surface area contributed by atoms with E-state index < -0.39 is 24.1 Å². The first-order chi connectivity index (χ1) is 10.7. The Morgan fingerprint density at radius 3 is 2.17 bits per heavy atom. The van der Waals surface area contributed by atoms with Gasteiger partial charge in [-0.2, -0.15) is 13.2 Å². The highest BCUT2D eigenvalue weighted by Gasteiger charge is 2.50. The third-order valence-corrected chi connectivity index (χ3v) is 5.08. The van der Waals surface area contributed by atoms with Crippen LogP contribution in [0.4, 0.5) is 13.2 Å². The number of carbonyl (C=O) groups excluding carboxylic acids is 1. The normalized spacial score (nSPS) is 22.6. The summed E-state index contributed by atoms with van der Waals surface area (Å²) < 4.78 is 37.3. The SMILES string of the molecule is CN(CC(F)(F)F)C1CCN(C(=O)C2(C(=O)O)CCCC2)CC1. The zero-order valence-corrected chi connectivity index (χ0v) is 13.2. The van der Waals surface area contributed by atoms with E-state index in [9.17, 15) is 27.9 Å². The maximum Gasteiger partial charge on any atom is 0.401 e. The molecule has 1 saturated carbocycles. The highest BCUT2D eigenvalue weighted by Crippen LogP contribution is 2.40. The molecule has 8 heteroatoms. The molecule has 0 spiro atoms. The molecule has 1 saturated heterocycles. The Morgan fingerprint density at radius 1 is 1.22 bits per heavy atom. The maximum atomic E-state index is 12.6. The second-order valence-electron chi connectivity index (χ2n) is 6.65. The van der Waals surface area contributed by atoms with E-state index in [2.05, 4.69) is 0 Å². The monoisotopic (exact) mass is 336 g/mol. The zero-order chi connectivity index (χ0) is 17.3. The van der Waals surface area contributed by atoms with Gasteiger partial charge in [0, 0.05) is 19.1 Å². The summed E-state index contributed by atoms with van der Waals surface area (Å²) in [4.78, 5) is 27.0. The molecule has 1 aliphatic carbocycles. The van der Waals surface area contributed by atoms with Crippen molar-refractivity contribution in [3.63, 3.8) is 0 Å². The van der Waals surface area contributed by atoms with Crippen LogP contribution in [0.2, 0.25) is 0 Å². The number of nitrogens with zero attached hydrogens (tertiary/aromatic N) is 2. The number of rotatable bonds is 4. The van der Waals surface area contributed by atoms with Crippen LogP contribution in [0.15, 0.2) is 0 Å². The van der Waals surface area contributed by atoms with Crippen molar-refractivity contribution >= 4 is 11.9 Å². The molecule has 1 aliphatic heterocycles. The molecule has 132 valence electrons. The van der Waals surface area contributed by atoms with E-state index >= 15 is 0 Å². The van der Waals surface area contributed by atoms with Crippen molar-refractivity contribution in [3.05, 3.63) is 0 Å². The summed E-state index contributed by atoms with van der Waals surface area (Å²) in [5, 5.41) is 9.45. The number of aliphatic carboxylic acids is 1. The fourth-order valence-corrected chi connectivity index (χ4v) is 3.72. The highest BCUT2D eigenvalue weighted by molar-refractivity contribution is 6.02. The smallest absolute Gasteiger partial charge is 0.401 e. The number of carbonyl (C=O) groups is 2. The van der Waals surface area contributed by atoms with E-state index in [1.807, 2.05) is 0 Å². The quantitative estimate of drug-likeness (QED) is 0.799. The van der Waals surface area contributed by atoms with Gasteiger partial charge in [-0.1, -0.05) is 12.8 Å². The van der Waals surface area contributed by atoms with Gasteiger partial charge < -0.3 is 10.0 Å². The Bertz CT molecular complexity index is 453. The molecular weight excluding hydrogens is 313 g/mol. The number of carboxylic acid groups (broad SMARTS) is 1. The molecule has 2 fully saturated rings. The maximum absolute atomic E-state index is 12.6. The molecule has 1 N–H and O–H groups in total. The summed E-state index contributed by atoms with van der Waals surface area (Å²) in [5.74, 6) is -1.43. The van der Waals surface area contributed by atoms with Crippen molar-refractivity contribution in [2.75, 3.05) is 26.7 Å². The Balaban J connectivity index is 1.93. The van der Waals surface area contributed by atoms with Crippen LogP contribution in [0, 0.1) is 5.41 Å². The van der Waals surface area contributed by atoms with Crippen LogP contribution in [0.3, 0.4) is 0 Å². The summed E-state index contributed by atoms with van der Waals surface area (Å²) in [6.45, 7) is -0.327. The lowest BCUT2D eigenvalue weighted by Gasteiger charge is -2.39. The lowest BCUT2D eigenvalue weighted by atomic mass is 9.84. The standard InChI is InChI=1S/C15H23F3N2O3/c1-19(10-15(16,17)18)11-4-8-20(9-5-11)12(21)14(13(22)23)6-2-3-7-14/h11H,2-10H2,1H3,(H,22,23). The average Bonchev–Trinajstić information content (AvgIpc) is 2.95. The van der Waals surface area contributed by atoms with E-state index in [1.165, 1.54) is 16.8 Å². The van der Waals surface area contributed by atoms with Crippen molar-refractivity contribution in [2.45, 2.75) is 50.7 Å². The molecular formula is C15H23F3N2O3. The van der Waals surface area contributed by atoms with Crippen molar-refractivity contribution in [1.29, 1.82) is 0 Å². The van der Waals surface area contributed by atoms with Gasteiger partial charge in [0.05, 0.1) is 6.54 Å². The van der Waals surface area contributed by atoms with Crippen LogP contribution < -0.4 is 0 Å². The van der Waals surface area contributed by atoms with Gasteiger partial charge in [0.2, 0.25) is 5.91 Å². The summed E-state index contributed by atoms with van der Waals surface area (Å²) in [6.07, 6.45) is -1.20. The molecule has 1 heterocycles. The molecule has 0 aromatic heterocycles. The molecule has 0 aromatic rings. The van der Waals surface area contributed by atoms with Crippen molar-refractivity contribution in [2.24, 2.45) is 5.41 Å². The van der Waals surface area contributed by atoms with E-state index in [0.717, 1.165) is 12.8 Å². The summed E-state index contributed by atoms with van der Waals surface area (Å²) >= 11 is 0. The lowest BCUT2D eigenvalue weighted by molar-refractivity contribution is -0.163. The van der Waals surface area contributed by atoms with E-state index in [-0.39, 0.29) is 11.9 Å². The number of halogens is 3. The third kappa shape index (κ3) is 3.97. The molecule has 0 atom stereocenters. The largest absolute Gasteiger partial charge is 0.480 e. The van der Waals surface area contributed by atoms with Gasteiger partial charge in [-0.3, -0.25) is 14.5 Å². The molecule has 5 nitrogen and oxygen atoms in total. The van der Waals surface area contributed by atoms with Gasteiger partial charge in [-0.15, -0.1) is 0 Å². The fourth-order valence-electron chi connectivity index (χ4n) is 3.72. The van der Waals surface area contributed by atoms with Crippen LogP contribution in [0.1, 0.15) is 38.5 Å². The van der Waals surface area contributed by atoms with E-state index in [4.69, 9.17) is 0 Å². The molecule has 2 rings (SSSR count). The predicted octanol–water partition coefficient (Wildman–Crippen LogP) is 2.12. The second kappa shape index (κ2) is 6.67. The molecule has 0 aromatic carbocycles. The number of hydrogen-bond acceptors (Lipinski definition) is 3. The summed E-state index contributed by atoms with van der Waals surface area (Å²) in [6, 6.07) is -0.231. The number of likely N-dealkylation sites (tertiary alicyclic amines) is 1. The topological polar surface area (TPSA) is 60.9 Å². The van der Waals surface area contributed by atoms with Gasteiger partial charge in [0.15, 0.2) is 0 Å². The minimum Gasteiger partial charge on any atom is -0.480 e. The molecule has 23 heavy (non-hydrogen) atoms. The first-order valence-corrected chi connectivity index (χ1v) is 7.95.